The Balaban J connectivity index is 1.33. The van der Waals surface area contributed by atoms with Gasteiger partial charge in [-0.3, -0.25) is 4.79 Å². The summed E-state index contributed by atoms with van der Waals surface area (Å²) in [6.07, 6.45) is 4.29. The lowest BCUT2D eigenvalue weighted by molar-refractivity contribution is -0.127. The number of ketones is 1. The second-order valence-electron chi connectivity index (χ2n) is 8.05. The summed E-state index contributed by atoms with van der Waals surface area (Å²) >= 11 is 0. The summed E-state index contributed by atoms with van der Waals surface area (Å²) in [6, 6.07) is 14.7. The van der Waals surface area contributed by atoms with Crippen LogP contribution in [0.15, 0.2) is 48.5 Å². The van der Waals surface area contributed by atoms with Gasteiger partial charge in [-0.1, -0.05) is 29.5 Å². The summed E-state index contributed by atoms with van der Waals surface area (Å²) in [5.74, 6) is 1.53. The first-order valence-corrected chi connectivity index (χ1v) is 9.75. The van der Waals surface area contributed by atoms with Gasteiger partial charge in [0, 0.05) is 5.92 Å². The van der Waals surface area contributed by atoms with Crippen molar-refractivity contribution in [3.05, 3.63) is 59.9 Å². The van der Waals surface area contributed by atoms with Gasteiger partial charge in [0.15, 0.2) is 5.78 Å². The van der Waals surface area contributed by atoms with Gasteiger partial charge in [0.2, 0.25) is 0 Å². The van der Waals surface area contributed by atoms with Gasteiger partial charge in [-0.2, -0.15) is 0 Å². The zero-order valence-corrected chi connectivity index (χ0v) is 15.1. The molecule has 2 unspecified atom stereocenters. The summed E-state index contributed by atoms with van der Waals surface area (Å²) in [4.78, 5) is 13.1. The minimum absolute atomic E-state index is 0.129. The molecule has 0 N–H and O–H groups in total. The fourth-order valence-electron chi connectivity index (χ4n) is 5.35. The van der Waals surface area contributed by atoms with Crippen molar-refractivity contribution in [1.82, 2.24) is 15.0 Å². The number of fused-ring (bicyclic) bond motifs is 3. The zero-order valence-electron chi connectivity index (χ0n) is 15.1. The van der Waals surface area contributed by atoms with Crippen LogP contribution in [0.4, 0.5) is 4.39 Å². The van der Waals surface area contributed by atoms with E-state index < -0.39 is 0 Å². The quantitative estimate of drug-likeness (QED) is 0.692. The maximum atomic E-state index is 13.2. The molecule has 2 saturated carbocycles. The summed E-state index contributed by atoms with van der Waals surface area (Å²) in [7, 11) is 0. The third-order valence-corrected chi connectivity index (χ3v) is 6.54. The molecule has 0 spiro atoms. The monoisotopic (exact) mass is 363 g/mol. The van der Waals surface area contributed by atoms with Crippen molar-refractivity contribution in [2.75, 3.05) is 0 Å². The number of carbonyl (C=O) groups is 1. The van der Waals surface area contributed by atoms with Gasteiger partial charge in [0.05, 0.1) is 5.52 Å². The first-order chi connectivity index (χ1) is 13.2. The maximum Gasteiger partial charge on any atom is 0.157 e. The van der Waals surface area contributed by atoms with Crippen LogP contribution in [-0.4, -0.2) is 20.8 Å². The average molecular weight is 363 g/mol. The lowest BCUT2D eigenvalue weighted by atomic mass is 9.69. The Morgan fingerprint density at radius 3 is 2.48 bits per heavy atom. The van der Waals surface area contributed by atoms with Crippen molar-refractivity contribution in [1.29, 1.82) is 0 Å². The van der Waals surface area contributed by atoms with E-state index in [1.54, 1.807) is 16.8 Å². The molecule has 2 atom stereocenters. The van der Waals surface area contributed by atoms with Gasteiger partial charge in [0.1, 0.15) is 17.9 Å². The van der Waals surface area contributed by atoms with E-state index in [1.807, 2.05) is 36.4 Å². The van der Waals surface area contributed by atoms with E-state index in [0.29, 0.717) is 24.3 Å². The number of benzene rings is 2. The van der Waals surface area contributed by atoms with Crippen LogP contribution in [0.2, 0.25) is 0 Å². The molecule has 0 radical (unpaired) electrons. The molecule has 3 aromatic rings. The van der Waals surface area contributed by atoms with Crippen LogP contribution in [0.3, 0.4) is 0 Å². The third kappa shape index (κ3) is 2.95. The van der Waals surface area contributed by atoms with Gasteiger partial charge in [0.25, 0.3) is 0 Å². The Labute approximate surface area is 157 Å². The number of carbonyl (C=O) groups excluding carboxylic acids is 1. The number of para-hydroxylation sites is 1. The summed E-state index contributed by atoms with van der Waals surface area (Å²) < 4.78 is 15.0. The highest BCUT2D eigenvalue weighted by Crippen LogP contribution is 2.52. The lowest BCUT2D eigenvalue weighted by Gasteiger charge is -2.34. The van der Waals surface area contributed by atoms with Crippen molar-refractivity contribution < 1.29 is 9.18 Å². The topological polar surface area (TPSA) is 47.8 Å². The van der Waals surface area contributed by atoms with Gasteiger partial charge < -0.3 is 0 Å². The SMILES string of the molecule is O=C(Cn1nnc2ccccc21)C1C2CCC1CC(c1ccc(F)cc1)C2. The van der Waals surface area contributed by atoms with Crippen LogP contribution < -0.4 is 0 Å². The molecule has 4 nitrogen and oxygen atoms in total. The van der Waals surface area contributed by atoms with Crippen LogP contribution in [-0.2, 0) is 11.3 Å². The summed E-state index contributed by atoms with van der Waals surface area (Å²) in [6.45, 7) is 0.305. The van der Waals surface area contributed by atoms with E-state index in [-0.39, 0.29) is 17.5 Å². The molecule has 0 amide bonds. The second kappa shape index (κ2) is 6.55. The molecule has 27 heavy (non-hydrogen) atoms. The van der Waals surface area contributed by atoms with Crippen LogP contribution in [0.5, 0.6) is 0 Å². The van der Waals surface area contributed by atoms with Crippen LogP contribution >= 0.6 is 0 Å². The van der Waals surface area contributed by atoms with Crippen LogP contribution in [0.1, 0.15) is 37.2 Å². The normalized spacial score (nSPS) is 27.1. The zero-order chi connectivity index (χ0) is 18.4. The van der Waals surface area contributed by atoms with E-state index >= 15 is 0 Å². The Bertz CT molecular complexity index is 967. The number of hydrogen-bond donors (Lipinski definition) is 0. The molecule has 1 aromatic heterocycles. The predicted molar refractivity (Wildman–Crippen MR) is 101 cm³/mol. The molecule has 2 bridgehead atoms. The Morgan fingerprint density at radius 2 is 1.74 bits per heavy atom. The summed E-state index contributed by atoms with van der Waals surface area (Å²) in [5.41, 5.74) is 2.95. The molecule has 2 aliphatic rings. The van der Waals surface area contributed by atoms with E-state index in [4.69, 9.17) is 0 Å². The van der Waals surface area contributed by atoms with Gasteiger partial charge in [-0.15, -0.1) is 5.10 Å². The molecule has 2 aliphatic carbocycles. The molecular formula is C22H22FN3O. The average Bonchev–Trinajstić information content (AvgIpc) is 3.20. The molecule has 138 valence electrons. The molecule has 0 aliphatic heterocycles. The van der Waals surface area contributed by atoms with Gasteiger partial charge >= 0.3 is 0 Å². The largest absolute Gasteiger partial charge is 0.297 e. The van der Waals surface area contributed by atoms with Crippen molar-refractivity contribution in [2.24, 2.45) is 17.8 Å². The highest BCUT2D eigenvalue weighted by molar-refractivity contribution is 5.84. The maximum absolute atomic E-state index is 13.2. The Hall–Kier alpha value is -2.56. The molecule has 2 aromatic carbocycles. The van der Waals surface area contributed by atoms with E-state index in [0.717, 1.165) is 36.7 Å². The highest BCUT2D eigenvalue weighted by Gasteiger charge is 2.46. The first kappa shape index (κ1) is 16.6. The van der Waals surface area contributed by atoms with Crippen molar-refractivity contribution >= 4 is 16.8 Å². The number of halogens is 1. The lowest BCUT2D eigenvalue weighted by Crippen LogP contribution is -2.33. The van der Waals surface area contributed by atoms with Crippen LogP contribution in [0.25, 0.3) is 11.0 Å². The van der Waals surface area contributed by atoms with Crippen molar-refractivity contribution in [3.63, 3.8) is 0 Å². The molecule has 0 saturated heterocycles. The molecule has 5 heteroatoms. The summed E-state index contributed by atoms with van der Waals surface area (Å²) in [5, 5.41) is 8.34. The van der Waals surface area contributed by atoms with Gasteiger partial charge in [-0.25, -0.2) is 9.07 Å². The highest BCUT2D eigenvalue weighted by atomic mass is 19.1. The van der Waals surface area contributed by atoms with Crippen molar-refractivity contribution in [3.8, 4) is 0 Å². The van der Waals surface area contributed by atoms with E-state index in [1.165, 1.54) is 5.56 Å². The Kier molecular flexibility index (Phi) is 4.03. The Morgan fingerprint density at radius 1 is 1.04 bits per heavy atom. The fourth-order valence-corrected chi connectivity index (χ4v) is 5.35. The number of nitrogens with zero attached hydrogens (tertiary/aromatic N) is 3. The minimum atomic E-state index is -0.189. The van der Waals surface area contributed by atoms with E-state index in [2.05, 4.69) is 10.3 Å². The number of hydrogen-bond acceptors (Lipinski definition) is 3. The number of aromatic nitrogens is 3. The predicted octanol–water partition coefficient (Wildman–Crippen LogP) is 4.36. The fraction of sp³-hybridized carbons (Fsp3) is 0.409. The smallest absolute Gasteiger partial charge is 0.157 e. The molecular weight excluding hydrogens is 341 g/mol. The number of rotatable bonds is 4. The molecule has 1 heterocycles. The minimum Gasteiger partial charge on any atom is -0.297 e. The van der Waals surface area contributed by atoms with Gasteiger partial charge in [-0.05, 0) is 73.3 Å². The first-order valence-electron chi connectivity index (χ1n) is 9.75. The molecule has 5 rings (SSSR count). The molecule has 2 fully saturated rings. The van der Waals surface area contributed by atoms with Crippen molar-refractivity contribution in [2.45, 2.75) is 38.1 Å². The van der Waals surface area contributed by atoms with E-state index in [9.17, 15) is 9.18 Å². The second-order valence-corrected chi connectivity index (χ2v) is 8.05. The third-order valence-electron chi connectivity index (χ3n) is 6.54. The number of Topliss-reactive ketones (excluding diaryl/α,β-unsaturated/α-hetero) is 1. The standard InChI is InChI=1S/C22H22FN3O/c23-18-9-7-14(8-10-18)17-11-15-5-6-16(12-17)22(15)21(27)13-26-20-4-2-1-3-19(20)24-25-26/h1-4,7-10,15-17,22H,5-6,11-13H2. The van der Waals surface area contributed by atoms with Crippen LogP contribution in [0, 0.1) is 23.6 Å².